The lowest BCUT2D eigenvalue weighted by atomic mass is 10.1. The zero-order chi connectivity index (χ0) is 19.5. The number of nitrogens with one attached hydrogen (secondary N) is 1. The maximum absolute atomic E-state index is 3.48. The van der Waals surface area contributed by atoms with Crippen molar-refractivity contribution in [3.05, 3.63) is 59.7 Å². The molecule has 2 atom stereocenters. The van der Waals surface area contributed by atoms with E-state index in [2.05, 4.69) is 89.3 Å². The highest BCUT2D eigenvalue weighted by molar-refractivity contribution is 5.85. The van der Waals surface area contributed by atoms with E-state index in [0.29, 0.717) is 12.1 Å². The van der Waals surface area contributed by atoms with Crippen LogP contribution in [-0.4, -0.2) is 56.3 Å². The number of nitrogens with zero attached hydrogens (tertiary/aromatic N) is 3. The summed E-state index contributed by atoms with van der Waals surface area (Å²) in [5.74, 6) is 0. The minimum absolute atomic E-state index is 0. The molecule has 4 nitrogen and oxygen atoms in total. The van der Waals surface area contributed by atoms with Gasteiger partial charge in [-0.15, -0.1) is 12.4 Å². The van der Waals surface area contributed by atoms with Crippen LogP contribution in [0.15, 0.2) is 48.5 Å². The molecule has 2 fully saturated rings. The third-order valence-electron chi connectivity index (χ3n) is 6.35. The van der Waals surface area contributed by atoms with Gasteiger partial charge in [0.1, 0.15) is 0 Å². The molecule has 5 heteroatoms. The van der Waals surface area contributed by atoms with E-state index in [0.717, 1.165) is 45.8 Å². The first kappa shape index (κ1) is 21.9. The molecule has 29 heavy (non-hydrogen) atoms. The van der Waals surface area contributed by atoms with E-state index in [1.165, 1.54) is 22.5 Å². The first-order valence-electron chi connectivity index (χ1n) is 10.7. The van der Waals surface area contributed by atoms with Gasteiger partial charge in [0.05, 0.1) is 0 Å². The molecule has 2 heterocycles. The third-order valence-corrected chi connectivity index (χ3v) is 6.35. The highest BCUT2D eigenvalue weighted by atomic mass is 35.5. The molecule has 2 saturated heterocycles. The number of piperazine rings is 2. The highest BCUT2D eigenvalue weighted by Crippen LogP contribution is 2.29. The van der Waals surface area contributed by atoms with E-state index in [1.54, 1.807) is 0 Å². The Labute approximate surface area is 182 Å². The second kappa shape index (κ2) is 9.84. The lowest BCUT2D eigenvalue weighted by molar-refractivity contribution is 0.181. The number of anilines is 2. The molecule has 0 spiro atoms. The van der Waals surface area contributed by atoms with Gasteiger partial charge in [-0.05, 0) is 50.1 Å². The van der Waals surface area contributed by atoms with E-state index >= 15 is 0 Å². The minimum Gasteiger partial charge on any atom is -0.368 e. The molecule has 2 aromatic rings. The second-order valence-corrected chi connectivity index (χ2v) is 8.47. The Balaban J connectivity index is 0.00000240. The van der Waals surface area contributed by atoms with Crippen LogP contribution in [0, 0.1) is 6.92 Å². The standard InChI is InChI=1S/C24H34N4.ClH/c1-19-15-23(28-12-11-25-16-20(28)2)9-10-24(19)27-14-13-26(21(3)17-27)18-22-7-5-4-6-8-22;/h4-10,15,20-21,25H,11-14,16-18H2,1-3H3;1H/t20-,21+;/m0./s1. The summed E-state index contributed by atoms with van der Waals surface area (Å²) < 4.78 is 0. The van der Waals surface area contributed by atoms with Crippen molar-refractivity contribution in [2.45, 2.75) is 39.4 Å². The summed E-state index contributed by atoms with van der Waals surface area (Å²) in [5.41, 5.74) is 5.57. The third kappa shape index (κ3) is 5.06. The molecule has 4 rings (SSSR count). The van der Waals surface area contributed by atoms with Crippen LogP contribution in [0.25, 0.3) is 0 Å². The summed E-state index contributed by atoms with van der Waals surface area (Å²) in [6, 6.07) is 19.0. The average molecular weight is 415 g/mol. The van der Waals surface area contributed by atoms with Crippen LogP contribution in [0.4, 0.5) is 11.4 Å². The van der Waals surface area contributed by atoms with Gasteiger partial charge in [-0.3, -0.25) is 4.90 Å². The van der Waals surface area contributed by atoms with Gasteiger partial charge in [0.2, 0.25) is 0 Å². The van der Waals surface area contributed by atoms with Crippen LogP contribution in [0.3, 0.4) is 0 Å². The molecule has 2 aromatic carbocycles. The van der Waals surface area contributed by atoms with Crippen LogP contribution < -0.4 is 15.1 Å². The molecule has 1 N–H and O–H groups in total. The predicted molar refractivity (Wildman–Crippen MR) is 127 cm³/mol. The summed E-state index contributed by atoms with van der Waals surface area (Å²) >= 11 is 0. The van der Waals surface area contributed by atoms with Gasteiger partial charge in [0.15, 0.2) is 0 Å². The van der Waals surface area contributed by atoms with Crippen molar-refractivity contribution < 1.29 is 0 Å². The number of hydrogen-bond acceptors (Lipinski definition) is 4. The van der Waals surface area contributed by atoms with Crippen LogP contribution >= 0.6 is 12.4 Å². The topological polar surface area (TPSA) is 21.8 Å². The molecule has 0 bridgehead atoms. The zero-order valence-electron chi connectivity index (χ0n) is 18.0. The number of benzene rings is 2. The van der Waals surface area contributed by atoms with Crippen LogP contribution in [0.2, 0.25) is 0 Å². The molecular formula is C24H35ClN4. The fraction of sp³-hybridized carbons (Fsp3) is 0.500. The molecule has 0 aliphatic carbocycles. The van der Waals surface area contributed by atoms with Crippen molar-refractivity contribution in [2.24, 2.45) is 0 Å². The summed E-state index contributed by atoms with van der Waals surface area (Å²) in [6.07, 6.45) is 0. The quantitative estimate of drug-likeness (QED) is 0.818. The lowest BCUT2D eigenvalue weighted by Gasteiger charge is -2.42. The van der Waals surface area contributed by atoms with Gasteiger partial charge in [0.25, 0.3) is 0 Å². The molecule has 0 saturated carbocycles. The highest BCUT2D eigenvalue weighted by Gasteiger charge is 2.25. The maximum atomic E-state index is 3.48. The van der Waals surface area contributed by atoms with Gasteiger partial charge in [-0.25, -0.2) is 0 Å². The SMILES string of the molecule is Cc1cc(N2CCNC[C@@H]2C)ccc1N1CCN(Cc2ccccc2)[C@H](C)C1.Cl. The molecule has 2 aliphatic rings. The van der Waals surface area contributed by atoms with Crippen molar-refractivity contribution >= 4 is 23.8 Å². The van der Waals surface area contributed by atoms with Crippen molar-refractivity contribution in [1.29, 1.82) is 0 Å². The average Bonchev–Trinajstić information content (AvgIpc) is 2.71. The van der Waals surface area contributed by atoms with Crippen LogP contribution in [0.5, 0.6) is 0 Å². The summed E-state index contributed by atoms with van der Waals surface area (Å²) in [7, 11) is 0. The second-order valence-electron chi connectivity index (χ2n) is 8.47. The van der Waals surface area contributed by atoms with E-state index in [1.807, 2.05) is 0 Å². The molecule has 2 aliphatic heterocycles. The summed E-state index contributed by atoms with van der Waals surface area (Å²) in [6.45, 7) is 14.5. The Hall–Kier alpha value is -1.75. The number of rotatable bonds is 4. The predicted octanol–water partition coefficient (Wildman–Crippen LogP) is 3.93. The number of aryl methyl sites for hydroxylation is 1. The maximum Gasteiger partial charge on any atom is 0.0398 e. The van der Waals surface area contributed by atoms with Crippen molar-refractivity contribution in [2.75, 3.05) is 49.1 Å². The number of halogens is 1. The van der Waals surface area contributed by atoms with Crippen molar-refractivity contribution in [3.63, 3.8) is 0 Å². The molecular weight excluding hydrogens is 380 g/mol. The van der Waals surface area contributed by atoms with Crippen molar-refractivity contribution in [1.82, 2.24) is 10.2 Å². The Morgan fingerprint density at radius 3 is 2.45 bits per heavy atom. The first-order chi connectivity index (χ1) is 13.6. The Morgan fingerprint density at radius 2 is 1.76 bits per heavy atom. The summed E-state index contributed by atoms with van der Waals surface area (Å²) in [4.78, 5) is 7.72. The van der Waals surface area contributed by atoms with E-state index < -0.39 is 0 Å². The Morgan fingerprint density at radius 1 is 0.966 bits per heavy atom. The smallest absolute Gasteiger partial charge is 0.0398 e. The zero-order valence-corrected chi connectivity index (χ0v) is 18.8. The first-order valence-corrected chi connectivity index (χ1v) is 10.7. The normalized spacial score (nSPS) is 23.0. The van der Waals surface area contributed by atoms with Crippen molar-refractivity contribution in [3.8, 4) is 0 Å². The largest absolute Gasteiger partial charge is 0.368 e. The minimum atomic E-state index is 0. The van der Waals surface area contributed by atoms with E-state index in [9.17, 15) is 0 Å². The fourth-order valence-electron chi connectivity index (χ4n) is 4.66. The van der Waals surface area contributed by atoms with E-state index in [4.69, 9.17) is 0 Å². The van der Waals surface area contributed by atoms with Gasteiger partial charge >= 0.3 is 0 Å². The van der Waals surface area contributed by atoms with Crippen LogP contribution in [-0.2, 0) is 6.54 Å². The van der Waals surface area contributed by atoms with Gasteiger partial charge in [-0.1, -0.05) is 30.3 Å². The Kier molecular flexibility index (Phi) is 7.44. The summed E-state index contributed by atoms with van der Waals surface area (Å²) in [5, 5.41) is 3.48. The molecule has 0 aromatic heterocycles. The Bertz CT molecular complexity index is 782. The molecule has 0 unspecified atom stereocenters. The van der Waals surface area contributed by atoms with Gasteiger partial charge < -0.3 is 15.1 Å². The molecule has 0 radical (unpaired) electrons. The van der Waals surface area contributed by atoms with Gasteiger partial charge in [0, 0.05) is 69.3 Å². The van der Waals surface area contributed by atoms with Gasteiger partial charge in [-0.2, -0.15) is 0 Å². The van der Waals surface area contributed by atoms with E-state index in [-0.39, 0.29) is 12.4 Å². The fourth-order valence-corrected chi connectivity index (χ4v) is 4.66. The molecule has 0 amide bonds. The number of hydrogen-bond donors (Lipinski definition) is 1. The van der Waals surface area contributed by atoms with Crippen LogP contribution in [0.1, 0.15) is 25.0 Å². The lowest BCUT2D eigenvalue weighted by Crippen LogP contribution is -2.51. The molecule has 158 valence electrons. The monoisotopic (exact) mass is 414 g/mol.